The van der Waals surface area contributed by atoms with Crippen LogP contribution in [0.25, 0.3) is 10.6 Å². The maximum absolute atomic E-state index is 12.8. The molecule has 0 fully saturated rings. The normalized spacial score (nSPS) is 18.2. The van der Waals surface area contributed by atoms with E-state index in [4.69, 9.17) is 0 Å². The summed E-state index contributed by atoms with van der Waals surface area (Å²) in [4.78, 5) is 29.4. The number of sulfone groups is 1. The molecule has 2 aromatic rings. The van der Waals surface area contributed by atoms with Gasteiger partial charge in [-0.3, -0.25) is 4.79 Å². The predicted octanol–water partition coefficient (Wildman–Crippen LogP) is 3.15. The van der Waals surface area contributed by atoms with Crippen LogP contribution in [0.3, 0.4) is 0 Å². The maximum Gasteiger partial charge on any atom is 0.332 e. The monoisotopic (exact) mass is 438 g/mol. The molecule has 148 valence electrons. The third-order valence-corrected chi connectivity index (χ3v) is 8.78. The van der Waals surface area contributed by atoms with Crippen molar-refractivity contribution in [2.75, 3.05) is 11.1 Å². The number of aryl methyl sites for hydroxylation is 1. The molecular formula is C18H18N2O5S3. The van der Waals surface area contributed by atoms with E-state index in [9.17, 15) is 23.1 Å². The Morgan fingerprint density at radius 1 is 1.21 bits per heavy atom. The fourth-order valence-electron chi connectivity index (χ4n) is 3.61. The second-order valence-electron chi connectivity index (χ2n) is 6.91. The fraction of sp³-hybridized carbons (Fsp3) is 0.389. The molecule has 28 heavy (non-hydrogen) atoms. The van der Waals surface area contributed by atoms with E-state index in [2.05, 4.69) is 10.3 Å². The molecular weight excluding hydrogens is 420 g/mol. The minimum atomic E-state index is -3.15. The van der Waals surface area contributed by atoms with E-state index in [-0.39, 0.29) is 17.1 Å². The standard InChI is InChI=1S/C18H18N2O5S3/c1-9-7-26-16(19-9)14-12-5-6-28(24,25)8-13(12)27-17(14)20-15(21)10-3-2-4-11(10)18(22)23/h7H,2-6,8H2,1H3,(H,20,21)(H,22,23). The molecule has 1 amide bonds. The zero-order chi connectivity index (χ0) is 20.1. The van der Waals surface area contributed by atoms with Crippen molar-refractivity contribution in [3.8, 4) is 10.6 Å². The van der Waals surface area contributed by atoms with Crippen LogP contribution in [0.5, 0.6) is 0 Å². The molecule has 2 N–H and O–H groups in total. The Kier molecular flexibility index (Phi) is 4.88. The van der Waals surface area contributed by atoms with Crippen LogP contribution in [0.1, 0.15) is 35.4 Å². The Morgan fingerprint density at radius 2 is 1.96 bits per heavy atom. The number of carboxylic acids is 1. The Hall–Kier alpha value is -2.04. The number of thiophene rings is 1. The highest BCUT2D eigenvalue weighted by Crippen LogP contribution is 2.45. The summed E-state index contributed by atoms with van der Waals surface area (Å²) in [5.74, 6) is -1.44. The molecule has 4 rings (SSSR count). The summed E-state index contributed by atoms with van der Waals surface area (Å²) >= 11 is 2.70. The lowest BCUT2D eigenvalue weighted by Gasteiger charge is -2.13. The van der Waals surface area contributed by atoms with E-state index < -0.39 is 21.7 Å². The number of carbonyl (C=O) groups is 2. The predicted molar refractivity (Wildman–Crippen MR) is 109 cm³/mol. The van der Waals surface area contributed by atoms with E-state index in [0.29, 0.717) is 36.3 Å². The van der Waals surface area contributed by atoms with Crippen molar-refractivity contribution < 1.29 is 23.1 Å². The minimum absolute atomic E-state index is 0.0384. The van der Waals surface area contributed by atoms with Crippen LogP contribution in [0.2, 0.25) is 0 Å². The van der Waals surface area contributed by atoms with E-state index in [1.165, 1.54) is 22.7 Å². The molecule has 0 bridgehead atoms. The zero-order valence-electron chi connectivity index (χ0n) is 15.1. The Bertz CT molecular complexity index is 1120. The average Bonchev–Trinajstić information content (AvgIpc) is 3.31. The van der Waals surface area contributed by atoms with Gasteiger partial charge in [-0.05, 0) is 38.2 Å². The van der Waals surface area contributed by atoms with Gasteiger partial charge in [-0.25, -0.2) is 18.2 Å². The van der Waals surface area contributed by atoms with Gasteiger partial charge in [-0.1, -0.05) is 0 Å². The summed E-state index contributed by atoms with van der Waals surface area (Å²) in [6.07, 6.45) is 1.84. The smallest absolute Gasteiger partial charge is 0.332 e. The summed E-state index contributed by atoms with van der Waals surface area (Å²) < 4.78 is 24.1. The largest absolute Gasteiger partial charge is 0.478 e. The number of anilines is 1. The van der Waals surface area contributed by atoms with Crippen molar-refractivity contribution in [1.29, 1.82) is 0 Å². The first-order chi connectivity index (χ1) is 13.2. The number of hydrogen-bond acceptors (Lipinski definition) is 7. The first-order valence-corrected chi connectivity index (χ1v) is 12.3. The molecule has 1 aliphatic heterocycles. The number of amides is 1. The zero-order valence-corrected chi connectivity index (χ0v) is 17.5. The van der Waals surface area contributed by atoms with Gasteiger partial charge in [0.2, 0.25) is 0 Å². The van der Waals surface area contributed by atoms with E-state index in [0.717, 1.165) is 26.7 Å². The summed E-state index contributed by atoms with van der Waals surface area (Å²) in [5, 5.41) is 15.4. The van der Waals surface area contributed by atoms with Crippen molar-refractivity contribution >= 4 is 49.4 Å². The molecule has 1 aliphatic carbocycles. The molecule has 2 aromatic heterocycles. The molecule has 7 nitrogen and oxygen atoms in total. The number of carboxylic acid groups (broad SMARTS) is 1. The first-order valence-electron chi connectivity index (χ1n) is 8.79. The molecule has 10 heteroatoms. The Labute approximate surface area is 170 Å². The first kappa shape index (κ1) is 19.3. The molecule has 0 aromatic carbocycles. The molecule has 0 unspecified atom stereocenters. The number of rotatable bonds is 4. The number of nitrogens with one attached hydrogen (secondary N) is 1. The number of thiazole rings is 1. The second kappa shape index (κ2) is 7.09. The van der Waals surface area contributed by atoms with Crippen LogP contribution in [0.15, 0.2) is 16.5 Å². The van der Waals surface area contributed by atoms with Gasteiger partial charge in [0.05, 0.1) is 11.5 Å². The highest BCUT2D eigenvalue weighted by atomic mass is 32.2. The third-order valence-electron chi connectivity index (χ3n) is 4.91. The molecule has 2 aliphatic rings. The van der Waals surface area contributed by atoms with Gasteiger partial charge in [0.15, 0.2) is 9.84 Å². The lowest BCUT2D eigenvalue weighted by Crippen LogP contribution is -2.17. The quantitative estimate of drug-likeness (QED) is 0.758. The highest BCUT2D eigenvalue weighted by Gasteiger charge is 2.31. The number of carbonyl (C=O) groups excluding carboxylic acids is 1. The van der Waals surface area contributed by atoms with Gasteiger partial charge in [0.1, 0.15) is 10.0 Å². The van der Waals surface area contributed by atoms with Crippen molar-refractivity contribution in [3.05, 3.63) is 32.7 Å². The second-order valence-corrected chi connectivity index (χ2v) is 11.1. The minimum Gasteiger partial charge on any atom is -0.478 e. The summed E-state index contributed by atoms with van der Waals surface area (Å²) in [7, 11) is -3.15. The van der Waals surface area contributed by atoms with Crippen molar-refractivity contribution in [1.82, 2.24) is 4.98 Å². The molecule has 0 saturated carbocycles. The van der Waals surface area contributed by atoms with Crippen LogP contribution in [0.4, 0.5) is 5.00 Å². The molecule has 0 spiro atoms. The summed E-state index contributed by atoms with van der Waals surface area (Å²) in [6.45, 7) is 1.88. The van der Waals surface area contributed by atoms with Crippen LogP contribution in [-0.4, -0.2) is 36.1 Å². The van der Waals surface area contributed by atoms with E-state index in [1.54, 1.807) is 0 Å². The molecule has 0 saturated heterocycles. The number of aromatic nitrogens is 1. The van der Waals surface area contributed by atoms with Gasteiger partial charge in [0, 0.05) is 32.7 Å². The highest BCUT2D eigenvalue weighted by molar-refractivity contribution is 7.90. The van der Waals surface area contributed by atoms with Gasteiger partial charge >= 0.3 is 5.97 Å². The van der Waals surface area contributed by atoms with Gasteiger partial charge in [0.25, 0.3) is 5.91 Å². The van der Waals surface area contributed by atoms with Crippen molar-refractivity contribution in [3.63, 3.8) is 0 Å². The van der Waals surface area contributed by atoms with E-state index in [1.807, 2.05) is 12.3 Å². The topological polar surface area (TPSA) is 113 Å². The van der Waals surface area contributed by atoms with Gasteiger partial charge in [-0.2, -0.15) is 0 Å². The van der Waals surface area contributed by atoms with Gasteiger partial charge < -0.3 is 10.4 Å². The lowest BCUT2D eigenvalue weighted by molar-refractivity contribution is -0.133. The molecule has 0 radical (unpaired) electrons. The van der Waals surface area contributed by atoms with Crippen LogP contribution in [-0.2, 0) is 31.6 Å². The van der Waals surface area contributed by atoms with Crippen LogP contribution in [0, 0.1) is 6.92 Å². The number of hydrogen-bond donors (Lipinski definition) is 2. The third kappa shape index (κ3) is 3.51. The van der Waals surface area contributed by atoms with E-state index >= 15 is 0 Å². The number of aliphatic carboxylic acids is 1. The maximum atomic E-state index is 12.8. The SMILES string of the molecule is Cc1csc(-c2c(NC(=O)C3=C(C(=O)O)CCC3)sc3c2CCS(=O)(=O)C3)n1. The lowest BCUT2D eigenvalue weighted by atomic mass is 10.1. The summed E-state index contributed by atoms with van der Waals surface area (Å²) in [6, 6.07) is 0. The van der Waals surface area contributed by atoms with Crippen molar-refractivity contribution in [2.24, 2.45) is 0 Å². The Morgan fingerprint density at radius 3 is 2.64 bits per heavy atom. The number of nitrogens with zero attached hydrogens (tertiary/aromatic N) is 1. The fourth-order valence-corrected chi connectivity index (χ4v) is 7.60. The average molecular weight is 439 g/mol. The van der Waals surface area contributed by atoms with Crippen LogP contribution >= 0.6 is 22.7 Å². The van der Waals surface area contributed by atoms with Crippen LogP contribution < -0.4 is 5.32 Å². The summed E-state index contributed by atoms with van der Waals surface area (Å²) in [5.41, 5.74) is 3.01. The Balaban J connectivity index is 1.77. The number of fused-ring (bicyclic) bond motifs is 1. The van der Waals surface area contributed by atoms with Crippen molar-refractivity contribution in [2.45, 2.75) is 38.4 Å². The molecule has 3 heterocycles. The molecule has 0 atom stereocenters. The van der Waals surface area contributed by atoms with Gasteiger partial charge in [-0.15, -0.1) is 22.7 Å².